The van der Waals surface area contributed by atoms with Crippen LogP contribution in [0.1, 0.15) is 36.1 Å². The highest BCUT2D eigenvalue weighted by atomic mass is 32.1. The molecule has 0 saturated heterocycles. The summed E-state index contributed by atoms with van der Waals surface area (Å²) in [4.78, 5) is 16.3. The van der Waals surface area contributed by atoms with Crippen LogP contribution < -0.4 is 11.1 Å². The quantitative estimate of drug-likeness (QED) is 0.879. The Bertz CT molecular complexity index is 545. The molecule has 2 aromatic heterocycles. The predicted molar refractivity (Wildman–Crippen MR) is 77.4 cm³/mol. The number of nitrogen functional groups attached to an aromatic ring is 1. The van der Waals surface area contributed by atoms with E-state index in [-0.39, 0.29) is 11.9 Å². The molecular formula is C13H18N4OS. The number of nitrogens with one attached hydrogen (secondary N) is 1. The highest BCUT2D eigenvalue weighted by Gasteiger charge is 2.14. The van der Waals surface area contributed by atoms with Crippen LogP contribution in [0.4, 0.5) is 5.69 Å². The minimum absolute atomic E-state index is 0.0966. The lowest BCUT2D eigenvalue weighted by molar-refractivity contribution is 0.0943. The summed E-state index contributed by atoms with van der Waals surface area (Å²) >= 11 is 1.56. The van der Waals surface area contributed by atoms with E-state index in [9.17, 15) is 4.79 Å². The van der Waals surface area contributed by atoms with E-state index in [0.717, 1.165) is 12.1 Å². The highest BCUT2D eigenvalue weighted by molar-refractivity contribution is 7.07. The maximum absolute atomic E-state index is 12.1. The van der Waals surface area contributed by atoms with Gasteiger partial charge in [0.25, 0.3) is 5.91 Å². The smallest absolute Gasteiger partial charge is 0.268 e. The van der Waals surface area contributed by atoms with Crippen LogP contribution in [-0.2, 0) is 6.42 Å². The van der Waals surface area contributed by atoms with E-state index in [1.165, 1.54) is 0 Å². The van der Waals surface area contributed by atoms with Crippen LogP contribution >= 0.6 is 11.3 Å². The van der Waals surface area contributed by atoms with Crippen LogP contribution in [0, 0.1) is 0 Å². The van der Waals surface area contributed by atoms with Gasteiger partial charge in [0.05, 0.1) is 16.9 Å². The molecule has 0 aliphatic heterocycles. The van der Waals surface area contributed by atoms with Crippen molar-refractivity contribution in [3.63, 3.8) is 0 Å². The first-order valence-corrected chi connectivity index (χ1v) is 7.15. The third-order valence-corrected chi connectivity index (χ3v) is 3.44. The summed E-state index contributed by atoms with van der Waals surface area (Å²) in [5.74, 6) is -0.0966. The summed E-state index contributed by atoms with van der Waals surface area (Å²) in [5.41, 5.74) is 9.76. The first-order chi connectivity index (χ1) is 9.08. The zero-order chi connectivity index (χ0) is 13.8. The van der Waals surface area contributed by atoms with Gasteiger partial charge in [-0.25, -0.2) is 4.98 Å². The third kappa shape index (κ3) is 3.35. The van der Waals surface area contributed by atoms with Crippen molar-refractivity contribution >= 4 is 22.9 Å². The number of nitrogens with two attached hydrogens (primary N) is 1. The molecule has 0 aliphatic rings. The molecule has 0 spiro atoms. The van der Waals surface area contributed by atoms with Gasteiger partial charge in [-0.15, -0.1) is 11.3 Å². The zero-order valence-electron chi connectivity index (χ0n) is 11.1. The van der Waals surface area contributed by atoms with Crippen LogP contribution in [0.2, 0.25) is 0 Å². The summed E-state index contributed by atoms with van der Waals surface area (Å²) in [7, 11) is 0. The standard InChI is InChI=1S/C13H18N4OS/c1-9(2)17-6-10(14)5-12(17)13(18)15-4-3-11-7-19-8-16-11/h5-9H,3-4,14H2,1-2H3,(H,15,18). The lowest BCUT2D eigenvalue weighted by Crippen LogP contribution is -2.28. The third-order valence-electron chi connectivity index (χ3n) is 2.81. The number of hydrogen-bond acceptors (Lipinski definition) is 4. The molecule has 0 aliphatic carbocycles. The molecule has 0 aromatic carbocycles. The van der Waals surface area contributed by atoms with Crippen molar-refractivity contribution < 1.29 is 4.79 Å². The fourth-order valence-corrected chi connectivity index (χ4v) is 2.46. The van der Waals surface area contributed by atoms with Gasteiger partial charge in [-0.1, -0.05) is 0 Å². The predicted octanol–water partition coefficient (Wildman–Crippen LogP) is 2.08. The van der Waals surface area contributed by atoms with Gasteiger partial charge in [0, 0.05) is 30.6 Å². The number of aromatic nitrogens is 2. The van der Waals surface area contributed by atoms with Gasteiger partial charge >= 0.3 is 0 Å². The number of carbonyl (C=O) groups excluding carboxylic acids is 1. The molecule has 0 unspecified atom stereocenters. The van der Waals surface area contributed by atoms with E-state index < -0.39 is 0 Å². The normalized spacial score (nSPS) is 10.9. The van der Waals surface area contributed by atoms with E-state index in [0.29, 0.717) is 17.9 Å². The van der Waals surface area contributed by atoms with E-state index in [1.807, 2.05) is 23.8 Å². The number of carbonyl (C=O) groups is 1. The van der Waals surface area contributed by atoms with Gasteiger partial charge in [-0.2, -0.15) is 0 Å². The Kier molecular flexibility index (Phi) is 4.21. The number of amides is 1. The maximum Gasteiger partial charge on any atom is 0.268 e. The van der Waals surface area contributed by atoms with Crippen molar-refractivity contribution in [2.45, 2.75) is 26.3 Å². The highest BCUT2D eigenvalue weighted by Crippen LogP contribution is 2.16. The fourth-order valence-electron chi connectivity index (χ4n) is 1.87. The van der Waals surface area contributed by atoms with Crippen molar-refractivity contribution in [1.82, 2.24) is 14.9 Å². The zero-order valence-corrected chi connectivity index (χ0v) is 11.9. The number of thiazole rings is 1. The molecule has 5 nitrogen and oxygen atoms in total. The van der Waals surface area contributed by atoms with Crippen molar-refractivity contribution in [3.8, 4) is 0 Å². The van der Waals surface area contributed by atoms with Crippen LogP contribution in [-0.4, -0.2) is 22.0 Å². The van der Waals surface area contributed by atoms with E-state index in [1.54, 1.807) is 29.1 Å². The molecule has 0 saturated carbocycles. The summed E-state index contributed by atoms with van der Waals surface area (Å²) < 4.78 is 1.88. The summed E-state index contributed by atoms with van der Waals surface area (Å²) in [6.45, 7) is 4.61. The van der Waals surface area contributed by atoms with Crippen molar-refractivity contribution in [2.24, 2.45) is 0 Å². The minimum Gasteiger partial charge on any atom is -0.397 e. The molecule has 2 heterocycles. The lowest BCUT2D eigenvalue weighted by atomic mass is 10.3. The Balaban J connectivity index is 1.96. The van der Waals surface area contributed by atoms with E-state index in [2.05, 4.69) is 10.3 Å². The topological polar surface area (TPSA) is 72.9 Å². The first-order valence-electron chi connectivity index (χ1n) is 6.20. The van der Waals surface area contributed by atoms with Crippen molar-refractivity contribution in [3.05, 3.63) is 34.5 Å². The monoisotopic (exact) mass is 278 g/mol. The van der Waals surface area contributed by atoms with Gasteiger partial charge in [0.15, 0.2) is 0 Å². The van der Waals surface area contributed by atoms with E-state index in [4.69, 9.17) is 5.73 Å². The summed E-state index contributed by atoms with van der Waals surface area (Å²) in [5, 5.41) is 4.88. The average molecular weight is 278 g/mol. The molecule has 6 heteroatoms. The average Bonchev–Trinajstić information content (AvgIpc) is 2.98. The molecule has 2 aromatic rings. The second-order valence-electron chi connectivity index (χ2n) is 4.65. The van der Waals surface area contributed by atoms with Gasteiger partial charge in [-0.05, 0) is 19.9 Å². The summed E-state index contributed by atoms with van der Waals surface area (Å²) in [6.07, 6.45) is 2.53. The Labute approximate surface area is 116 Å². The molecule has 102 valence electrons. The Hall–Kier alpha value is -1.82. The number of nitrogens with zero attached hydrogens (tertiary/aromatic N) is 2. The molecule has 1 amide bonds. The first kappa shape index (κ1) is 13.6. The SMILES string of the molecule is CC(C)n1cc(N)cc1C(=O)NCCc1cscn1. The van der Waals surface area contributed by atoms with Crippen LogP contribution in [0.15, 0.2) is 23.2 Å². The largest absolute Gasteiger partial charge is 0.397 e. The molecule has 2 rings (SSSR count). The maximum atomic E-state index is 12.1. The molecule has 0 bridgehead atoms. The van der Waals surface area contributed by atoms with Crippen LogP contribution in [0.25, 0.3) is 0 Å². The lowest BCUT2D eigenvalue weighted by Gasteiger charge is -2.12. The second kappa shape index (κ2) is 5.88. The minimum atomic E-state index is -0.0966. The Morgan fingerprint density at radius 1 is 1.58 bits per heavy atom. The molecule has 19 heavy (non-hydrogen) atoms. The number of anilines is 1. The van der Waals surface area contributed by atoms with Crippen molar-refractivity contribution in [1.29, 1.82) is 0 Å². The summed E-state index contributed by atoms with van der Waals surface area (Å²) in [6, 6.07) is 1.91. The van der Waals surface area contributed by atoms with Gasteiger partial charge in [0.1, 0.15) is 5.69 Å². The van der Waals surface area contributed by atoms with Gasteiger partial charge in [-0.3, -0.25) is 4.79 Å². The fraction of sp³-hybridized carbons (Fsp3) is 0.385. The number of hydrogen-bond donors (Lipinski definition) is 2. The van der Waals surface area contributed by atoms with Gasteiger partial charge in [0.2, 0.25) is 0 Å². The van der Waals surface area contributed by atoms with Gasteiger partial charge < -0.3 is 15.6 Å². The van der Waals surface area contributed by atoms with Crippen LogP contribution in [0.5, 0.6) is 0 Å². The molecule has 0 radical (unpaired) electrons. The van der Waals surface area contributed by atoms with Crippen molar-refractivity contribution in [2.75, 3.05) is 12.3 Å². The Morgan fingerprint density at radius 2 is 2.37 bits per heavy atom. The second-order valence-corrected chi connectivity index (χ2v) is 5.36. The number of rotatable bonds is 5. The molecule has 3 N–H and O–H groups in total. The molecular weight excluding hydrogens is 260 g/mol. The van der Waals surface area contributed by atoms with E-state index >= 15 is 0 Å². The molecule has 0 fully saturated rings. The molecule has 0 atom stereocenters. The van der Waals surface area contributed by atoms with Crippen LogP contribution in [0.3, 0.4) is 0 Å². The Morgan fingerprint density at radius 3 is 3.00 bits per heavy atom.